The zero-order chi connectivity index (χ0) is 13.3. The van der Waals surface area contributed by atoms with Crippen molar-refractivity contribution in [3.8, 4) is 0 Å². The highest BCUT2D eigenvalue weighted by atomic mass is 19.3. The number of rotatable bonds is 5. The highest BCUT2D eigenvalue weighted by Gasteiger charge is 2.47. The standard InChI is InChI=1S/C13H15F2NO2/c14-13(15,9-4-5-9)10-3-1-2-8(6-10)7-11(16)12(17)18/h1-3,6,9,11H,4-5,7,16H2,(H,17,18). The van der Waals surface area contributed by atoms with Gasteiger partial charge in [-0.2, -0.15) is 0 Å². The molecule has 0 spiro atoms. The molecule has 2 rings (SSSR count). The van der Waals surface area contributed by atoms with E-state index in [1.165, 1.54) is 18.2 Å². The minimum absolute atomic E-state index is 0.0416. The Balaban J connectivity index is 2.17. The third kappa shape index (κ3) is 2.67. The quantitative estimate of drug-likeness (QED) is 0.847. The maximum Gasteiger partial charge on any atom is 0.320 e. The molecule has 0 bridgehead atoms. The van der Waals surface area contributed by atoms with Crippen LogP contribution in [-0.4, -0.2) is 17.1 Å². The Labute approximate surface area is 104 Å². The summed E-state index contributed by atoms with van der Waals surface area (Å²) in [5, 5.41) is 8.70. The van der Waals surface area contributed by atoms with E-state index in [-0.39, 0.29) is 12.0 Å². The molecule has 1 aromatic carbocycles. The number of carbonyl (C=O) groups is 1. The molecule has 0 aliphatic heterocycles. The zero-order valence-electron chi connectivity index (χ0n) is 9.77. The molecule has 1 fully saturated rings. The average Bonchev–Trinajstić information content (AvgIpc) is 3.13. The second kappa shape index (κ2) is 4.65. The van der Waals surface area contributed by atoms with Crippen molar-refractivity contribution in [1.82, 2.24) is 0 Å². The van der Waals surface area contributed by atoms with Gasteiger partial charge in [0, 0.05) is 11.5 Å². The van der Waals surface area contributed by atoms with Crippen LogP contribution in [0.5, 0.6) is 0 Å². The summed E-state index contributed by atoms with van der Waals surface area (Å²) in [6, 6.07) is 4.83. The van der Waals surface area contributed by atoms with Crippen molar-refractivity contribution < 1.29 is 18.7 Å². The van der Waals surface area contributed by atoms with Gasteiger partial charge in [0.2, 0.25) is 0 Å². The number of halogens is 2. The van der Waals surface area contributed by atoms with Crippen LogP contribution in [0.25, 0.3) is 0 Å². The van der Waals surface area contributed by atoms with E-state index in [9.17, 15) is 13.6 Å². The molecule has 1 atom stereocenters. The highest BCUT2D eigenvalue weighted by Crippen LogP contribution is 2.49. The lowest BCUT2D eigenvalue weighted by Gasteiger charge is -2.17. The SMILES string of the molecule is NC(Cc1cccc(C(F)(F)C2CC2)c1)C(=O)O. The lowest BCUT2D eigenvalue weighted by molar-refractivity contribution is -0.138. The Morgan fingerprint density at radius 2 is 2.17 bits per heavy atom. The first-order valence-corrected chi connectivity index (χ1v) is 5.87. The average molecular weight is 255 g/mol. The molecule has 0 aromatic heterocycles. The van der Waals surface area contributed by atoms with Crippen molar-refractivity contribution in [3.05, 3.63) is 35.4 Å². The molecular formula is C13H15F2NO2. The summed E-state index contributed by atoms with van der Waals surface area (Å²) in [6.07, 6.45) is 1.15. The summed E-state index contributed by atoms with van der Waals surface area (Å²) in [6.45, 7) is 0. The molecule has 0 amide bonds. The smallest absolute Gasteiger partial charge is 0.320 e. The number of hydrogen-bond acceptors (Lipinski definition) is 2. The van der Waals surface area contributed by atoms with Crippen LogP contribution in [0.3, 0.4) is 0 Å². The van der Waals surface area contributed by atoms with Crippen LogP contribution in [0, 0.1) is 5.92 Å². The molecule has 0 radical (unpaired) electrons. The van der Waals surface area contributed by atoms with Gasteiger partial charge in [0.1, 0.15) is 6.04 Å². The molecule has 3 nitrogen and oxygen atoms in total. The monoisotopic (exact) mass is 255 g/mol. The molecule has 1 saturated carbocycles. The number of alkyl halides is 2. The van der Waals surface area contributed by atoms with Crippen LogP contribution in [0.4, 0.5) is 8.78 Å². The Hall–Kier alpha value is -1.49. The summed E-state index contributed by atoms with van der Waals surface area (Å²) in [4.78, 5) is 10.6. The Morgan fingerprint density at radius 3 is 2.72 bits per heavy atom. The third-order valence-electron chi connectivity index (χ3n) is 3.17. The van der Waals surface area contributed by atoms with Gasteiger partial charge in [0.05, 0.1) is 0 Å². The van der Waals surface area contributed by atoms with Crippen LogP contribution in [0.2, 0.25) is 0 Å². The van der Waals surface area contributed by atoms with Gasteiger partial charge in [-0.3, -0.25) is 4.79 Å². The van der Waals surface area contributed by atoms with E-state index in [1.54, 1.807) is 6.07 Å². The van der Waals surface area contributed by atoms with Crippen LogP contribution in [0.1, 0.15) is 24.0 Å². The fourth-order valence-electron chi connectivity index (χ4n) is 1.93. The predicted octanol–water partition coefficient (Wildman–Crippen LogP) is 2.14. The van der Waals surface area contributed by atoms with Crippen molar-refractivity contribution in [1.29, 1.82) is 0 Å². The number of hydrogen-bond donors (Lipinski definition) is 2. The van der Waals surface area contributed by atoms with Gasteiger partial charge < -0.3 is 10.8 Å². The first-order valence-electron chi connectivity index (χ1n) is 5.87. The van der Waals surface area contributed by atoms with Crippen molar-refractivity contribution in [3.63, 3.8) is 0 Å². The van der Waals surface area contributed by atoms with Gasteiger partial charge in [-0.05, 0) is 30.9 Å². The topological polar surface area (TPSA) is 63.3 Å². The van der Waals surface area contributed by atoms with Gasteiger partial charge in [0.25, 0.3) is 5.92 Å². The molecule has 18 heavy (non-hydrogen) atoms. The first-order chi connectivity index (χ1) is 8.41. The second-order valence-electron chi connectivity index (χ2n) is 4.75. The predicted molar refractivity (Wildman–Crippen MR) is 62.4 cm³/mol. The van der Waals surface area contributed by atoms with Gasteiger partial charge in [-0.15, -0.1) is 0 Å². The minimum atomic E-state index is -2.82. The third-order valence-corrected chi connectivity index (χ3v) is 3.17. The van der Waals surface area contributed by atoms with Gasteiger partial charge in [-0.25, -0.2) is 8.78 Å². The molecule has 1 aliphatic carbocycles. The van der Waals surface area contributed by atoms with Crippen LogP contribution < -0.4 is 5.73 Å². The van der Waals surface area contributed by atoms with Crippen molar-refractivity contribution in [2.24, 2.45) is 11.7 Å². The maximum absolute atomic E-state index is 13.9. The van der Waals surface area contributed by atoms with Crippen molar-refractivity contribution in [2.45, 2.75) is 31.2 Å². The molecule has 0 heterocycles. The minimum Gasteiger partial charge on any atom is -0.480 e. The molecule has 0 saturated heterocycles. The van der Waals surface area contributed by atoms with Crippen molar-refractivity contribution >= 4 is 5.97 Å². The summed E-state index contributed by atoms with van der Waals surface area (Å²) in [7, 11) is 0. The maximum atomic E-state index is 13.9. The Kier molecular flexibility index (Phi) is 3.34. The van der Waals surface area contributed by atoms with E-state index in [1.807, 2.05) is 0 Å². The number of aliphatic carboxylic acids is 1. The van der Waals surface area contributed by atoms with E-state index in [0.717, 1.165) is 0 Å². The Bertz CT molecular complexity index is 458. The Morgan fingerprint density at radius 1 is 1.50 bits per heavy atom. The van der Waals surface area contributed by atoms with Crippen molar-refractivity contribution in [2.75, 3.05) is 0 Å². The molecule has 3 N–H and O–H groups in total. The molecule has 1 aromatic rings. The highest BCUT2D eigenvalue weighted by molar-refractivity contribution is 5.73. The number of benzene rings is 1. The van der Waals surface area contributed by atoms with E-state index in [4.69, 9.17) is 10.8 Å². The second-order valence-corrected chi connectivity index (χ2v) is 4.75. The van der Waals surface area contributed by atoms with Crippen LogP contribution in [-0.2, 0) is 17.1 Å². The molecule has 5 heteroatoms. The first kappa shape index (κ1) is 13.0. The van der Waals surface area contributed by atoms with Gasteiger partial charge in [0.15, 0.2) is 0 Å². The zero-order valence-corrected chi connectivity index (χ0v) is 9.77. The van der Waals surface area contributed by atoms with Gasteiger partial charge >= 0.3 is 5.97 Å². The number of nitrogens with two attached hydrogens (primary N) is 1. The summed E-state index contributed by atoms with van der Waals surface area (Å²) in [5.74, 6) is -4.51. The summed E-state index contributed by atoms with van der Waals surface area (Å²) >= 11 is 0. The van der Waals surface area contributed by atoms with Gasteiger partial charge in [-0.1, -0.05) is 18.2 Å². The largest absolute Gasteiger partial charge is 0.480 e. The van der Waals surface area contributed by atoms with E-state index >= 15 is 0 Å². The molecular weight excluding hydrogens is 240 g/mol. The van der Waals surface area contributed by atoms with Crippen LogP contribution >= 0.6 is 0 Å². The summed E-state index contributed by atoms with van der Waals surface area (Å²) < 4.78 is 27.7. The number of carboxylic acid groups (broad SMARTS) is 1. The van der Waals surface area contributed by atoms with Crippen LogP contribution in [0.15, 0.2) is 24.3 Å². The normalized spacial score (nSPS) is 17.5. The number of carboxylic acids is 1. The lowest BCUT2D eigenvalue weighted by atomic mass is 9.98. The molecule has 98 valence electrons. The molecule has 1 aliphatic rings. The fraction of sp³-hybridized carbons (Fsp3) is 0.462. The lowest BCUT2D eigenvalue weighted by Crippen LogP contribution is -2.32. The van der Waals surface area contributed by atoms with E-state index in [0.29, 0.717) is 18.4 Å². The van der Waals surface area contributed by atoms with E-state index < -0.39 is 23.9 Å². The molecule has 1 unspecified atom stereocenters. The fourth-order valence-corrected chi connectivity index (χ4v) is 1.93. The summed E-state index contributed by atoms with van der Waals surface area (Å²) in [5.41, 5.74) is 5.88. The van der Waals surface area contributed by atoms with E-state index in [2.05, 4.69) is 0 Å².